The third kappa shape index (κ3) is 5.95. The van der Waals surface area contributed by atoms with Gasteiger partial charge in [0.1, 0.15) is 11.2 Å². The first kappa shape index (κ1) is 37.6. The molecule has 0 aliphatic carbocycles. The molecule has 0 saturated carbocycles. The van der Waals surface area contributed by atoms with Crippen molar-refractivity contribution in [3.8, 4) is 55.6 Å². The third-order valence-electron chi connectivity index (χ3n) is 14.2. The van der Waals surface area contributed by atoms with Gasteiger partial charge in [0, 0.05) is 10.8 Å². The van der Waals surface area contributed by atoms with E-state index in [2.05, 4.69) is 231 Å². The molecular weight excluding hydrogens is 809 g/mol. The fourth-order valence-corrected chi connectivity index (χ4v) is 11.1. The van der Waals surface area contributed by atoms with Crippen molar-refractivity contribution in [1.82, 2.24) is 0 Å². The fourth-order valence-electron chi connectivity index (χ4n) is 11.1. The lowest BCUT2D eigenvalue weighted by molar-refractivity contribution is 0.669. The highest BCUT2D eigenvalue weighted by Gasteiger charge is 2.20. The molecule has 67 heavy (non-hydrogen) atoms. The molecule has 0 aliphatic rings. The molecule has 0 amide bonds. The zero-order valence-corrected chi connectivity index (χ0v) is 36.5. The van der Waals surface area contributed by atoms with Gasteiger partial charge in [0.2, 0.25) is 0 Å². The van der Waals surface area contributed by atoms with Crippen LogP contribution in [0.4, 0.5) is 0 Å². The summed E-state index contributed by atoms with van der Waals surface area (Å²) < 4.78 is 6.27. The molecule has 1 aromatic heterocycles. The Balaban J connectivity index is 0.975. The van der Waals surface area contributed by atoms with E-state index in [-0.39, 0.29) is 0 Å². The van der Waals surface area contributed by atoms with Crippen molar-refractivity contribution in [1.29, 1.82) is 0 Å². The maximum absolute atomic E-state index is 6.27. The van der Waals surface area contributed by atoms with Crippen molar-refractivity contribution >= 4 is 86.6 Å². The van der Waals surface area contributed by atoms with Crippen molar-refractivity contribution in [2.24, 2.45) is 0 Å². The molecular formula is C66H40O. The topological polar surface area (TPSA) is 13.1 Å². The van der Waals surface area contributed by atoms with E-state index in [1.165, 1.54) is 115 Å². The highest BCUT2D eigenvalue weighted by molar-refractivity contribution is 6.23. The van der Waals surface area contributed by atoms with Crippen LogP contribution in [0.3, 0.4) is 0 Å². The molecule has 1 heterocycles. The third-order valence-corrected chi connectivity index (χ3v) is 14.2. The fraction of sp³-hybridized carbons (Fsp3) is 0. The zero-order valence-electron chi connectivity index (χ0n) is 36.5. The first-order valence-corrected chi connectivity index (χ1v) is 23.1. The predicted molar refractivity (Wildman–Crippen MR) is 286 cm³/mol. The normalized spacial score (nSPS) is 11.9. The Morgan fingerprint density at radius 3 is 1.10 bits per heavy atom. The molecule has 0 saturated heterocycles. The van der Waals surface area contributed by atoms with E-state index in [0.717, 1.165) is 27.5 Å². The van der Waals surface area contributed by atoms with Crippen molar-refractivity contribution < 1.29 is 4.42 Å². The molecule has 0 N–H and O–H groups in total. The second-order valence-electron chi connectivity index (χ2n) is 17.9. The van der Waals surface area contributed by atoms with Gasteiger partial charge in [0.25, 0.3) is 0 Å². The van der Waals surface area contributed by atoms with Gasteiger partial charge in [-0.3, -0.25) is 0 Å². The van der Waals surface area contributed by atoms with Crippen molar-refractivity contribution in [2.75, 3.05) is 0 Å². The second kappa shape index (κ2) is 14.9. The lowest BCUT2D eigenvalue weighted by Gasteiger charge is -2.19. The van der Waals surface area contributed by atoms with Crippen molar-refractivity contribution in [2.45, 2.75) is 0 Å². The van der Waals surface area contributed by atoms with Crippen LogP contribution in [0.25, 0.3) is 142 Å². The van der Waals surface area contributed by atoms with Crippen LogP contribution in [0.15, 0.2) is 247 Å². The average molecular weight is 849 g/mol. The standard InChI is InChI=1S/C66H40O/c1-3-15-49-47(13-1)39-59(53-19-7-5-17-51(49)53)41-25-29-43(30-26-41)65-56-22-9-10-23-57(56)66(44-31-27-42(28-32-44)60-40-48-14-2-4-16-50(48)52-18-6-8-20-54(52)60)62-38-45(33-35-58(62)65)46-34-36-64-61(37-46)55-21-11-12-24-63(55)67-64/h1-40H. The van der Waals surface area contributed by atoms with Gasteiger partial charge in [-0.05, 0) is 157 Å². The van der Waals surface area contributed by atoms with Crippen LogP contribution in [0.5, 0.6) is 0 Å². The Bertz CT molecular complexity index is 4300. The minimum atomic E-state index is 0.902. The summed E-state index contributed by atoms with van der Waals surface area (Å²) in [7, 11) is 0. The van der Waals surface area contributed by atoms with Crippen LogP contribution >= 0.6 is 0 Å². The van der Waals surface area contributed by atoms with Gasteiger partial charge < -0.3 is 4.42 Å². The first-order valence-electron chi connectivity index (χ1n) is 23.1. The highest BCUT2D eigenvalue weighted by atomic mass is 16.3. The van der Waals surface area contributed by atoms with Gasteiger partial charge >= 0.3 is 0 Å². The van der Waals surface area contributed by atoms with Crippen LogP contribution in [-0.2, 0) is 0 Å². The quantitative estimate of drug-likeness (QED) is 0.124. The van der Waals surface area contributed by atoms with E-state index in [1.54, 1.807) is 0 Å². The molecule has 0 radical (unpaired) electrons. The number of hydrogen-bond acceptors (Lipinski definition) is 1. The molecule has 1 nitrogen and oxygen atoms in total. The van der Waals surface area contributed by atoms with Gasteiger partial charge in [-0.25, -0.2) is 0 Å². The monoisotopic (exact) mass is 848 g/mol. The van der Waals surface area contributed by atoms with Crippen LogP contribution in [0, 0.1) is 0 Å². The largest absolute Gasteiger partial charge is 0.456 e. The first-order chi connectivity index (χ1) is 33.2. The summed E-state index contributed by atoms with van der Waals surface area (Å²) in [4.78, 5) is 0. The summed E-state index contributed by atoms with van der Waals surface area (Å²) in [5.41, 5.74) is 13.9. The van der Waals surface area contributed by atoms with Crippen LogP contribution in [-0.4, -0.2) is 0 Å². The molecule has 14 aromatic rings. The van der Waals surface area contributed by atoms with Gasteiger partial charge in [0.05, 0.1) is 0 Å². The van der Waals surface area contributed by atoms with E-state index < -0.39 is 0 Å². The van der Waals surface area contributed by atoms with E-state index in [1.807, 2.05) is 12.1 Å². The molecule has 0 bridgehead atoms. The number of fused-ring (bicyclic) bond motifs is 11. The van der Waals surface area contributed by atoms with E-state index in [0.29, 0.717) is 0 Å². The molecule has 0 spiro atoms. The number of furan rings is 1. The molecule has 0 unspecified atom stereocenters. The van der Waals surface area contributed by atoms with E-state index in [9.17, 15) is 0 Å². The van der Waals surface area contributed by atoms with Gasteiger partial charge in [-0.15, -0.1) is 0 Å². The molecule has 0 atom stereocenters. The maximum Gasteiger partial charge on any atom is 0.135 e. The lowest BCUT2D eigenvalue weighted by Crippen LogP contribution is -1.92. The van der Waals surface area contributed by atoms with Gasteiger partial charge in [-0.2, -0.15) is 0 Å². The molecule has 0 fully saturated rings. The molecule has 1 heteroatoms. The highest BCUT2D eigenvalue weighted by Crippen LogP contribution is 2.47. The number of rotatable bonds is 5. The second-order valence-corrected chi connectivity index (χ2v) is 17.9. The van der Waals surface area contributed by atoms with Crippen molar-refractivity contribution in [3.05, 3.63) is 243 Å². The number of para-hydroxylation sites is 1. The number of benzene rings is 13. The Labute approximate surface area is 387 Å². The summed E-state index contributed by atoms with van der Waals surface area (Å²) in [5.74, 6) is 0. The SMILES string of the molecule is c1ccc2c(c1)cc(-c1ccc(-c3c4ccccc4c(-c4ccc(-c5cc6ccccc6c6ccccc56)cc4)c4cc(-c5ccc6oc7ccccc7c6c5)ccc34)cc1)c1ccccc12. The van der Waals surface area contributed by atoms with E-state index >= 15 is 0 Å². The Morgan fingerprint density at radius 2 is 0.552 bits per heavy atom. The van der Waals surface area contributed by atoms with Crippen LogP contribution in [0.1, 0.15) is 0 Å². The smallest absolute Gasteiger partial charge is 0.135 e. The summed E-state index contributed by atoms with van der Waals surface area (Å²) in [6.07, 6.45) is 0. The van der Waals surface area contributed by atoms with Crippen molar-refractivity contribution in [3.63, 3.8) is 0 Å². The molecule has 13 aromatic carbocycles. The summed E-state index contributed by atoms with van der Waals surface area (Å²) >= 11 is 0. The molecule has 14 rings (SSSR count). The zero-order chi connectivity index (χ0) is 44.0. The summed E-state index contributed by atoms with van der Waals surface area (Å²) in [6, 6.07) is 89.3. The Hall–Kier alpha value is -8.78. The molecule has 310 valence electrons. The van der Waals surface area contributed by atoms with Crippen LogP contribution in [0.2, 0.25) is 0 Å². The van der Waals surface area contributed by atoms with Gasteiger partial charge in [-0.1, -0.05) is 206 Å². The summed E-state index contributed by atoms with van der Waals surface area (Å²) in [6.45, 7) is 0. The average Bonchev–Trinajstić information content (AvgIpc) is 3.78. The Kier molecular flexibility index (Phi) is 8.35. The predicted octanol–water partition coefficient (Wildman–Crippen LogP) is 18.8. The van der Waals surface area contributed by atoms with E-state index in [4.69, 9.17) is 4.42 Å². The maximum atomic E-state index is 6.27. The lowest BCUT2D eigenvalue weighted by atomic mass is 9.84. The summed E-state index contributed by atoms with van der Waals surface area (Å²) in [5, 5.41) is 17.3. The minimum absolute atomic E-state index is 0.902. The molecule has 0 aliphatic heterocycles. The van der Waals surface area contributed by atoms with Gasteiger partial charge in [0.15, 0.2) is 0 Å². The minimum Gasteiger partial charge on any atom is -0.456 e. The Morgan fingerprint density at radius 1 is 0.194 bits per heavy atom. The number of hydrogen-bond donors (Lipinski definition) is 0. The van der Waals surface area contributed by atoms with Crippen LogP contribution < -0.4 is 0 Å².